The van der Waals surface area contributed by atoms with Gasteiger partial charge in [-0.15, -0.1) is 5.10 Å². The maximum absolute atomic E-state index is 12.7. The number of hydrogen-bond donors (Lipinski definition) is 0. The van der Waals surface area contributed by atoms with Gasteiger partial charge in [0.25, 0.3) is 5.91 Å². The third-order valence-electron chi connectivity index (χ3n) is 5.65. The van der Waals surface area contributed by atoms with Crippen molar-refractivity contribution in [3.05, 3.63) is 47.3 Å². The monoisotopic (exact) mass is 423 g/mol. The van der Waals surface area contributed by atoms with Crippen molar-refractivity contribution in [3.8, 4) is 0 Å². The zero-order valence-electron chi connectivity index (χ0n) is 16.5. The minimum absolute atomic E-state index is 0.121. The fourth-order valence-electron chi connectivity index (χ4n) is 3.88. The third kappa shape index (κ3) is 4.81. The molecule has 10 heteroatoms. The third-order valence-corrected chi connectivity index (χ3v) is 5.65. The van der Waals surface area contributed by atoms with Crippen molar-refractivity contribution >= 4 is 5.91 Å². The van der Waals surface area contributed by atoms with Crippen LogP contribution in [0.15, 0.2) is 30.5 Å². The molecule has 0 bridgehead atoms. The van der Waals surface area contributed by atoms with Gasteiger partial charge in [0.1, 0.15) is 0 Å². The van der Waals surface area contributed by atoms with Gasteiger partial charge in [-0.2, -0.15) is 13.2 Å². The number of halogens is 3. The van der Waals surface area contributed by atoms with Gasteiger partial charge < -0.3 is 9.64 Å². The number of benzene rings is 1. The Labute approximate surface area is 172 Å². The van der Waals surface area contributed by atoms with Crippen LogP contribution >= 0.6 is 0 Å². The molecule has 2 aliphatic rings. The first-order valence-electron chi connectivity index (χ1n) is 10.1. The molecule has 2 saturated heterocycles. The summed E-state index contributed by atoms with van der Waals surface area (Å²) in [5, 5.41) is 8.22. The molecule has 1 aromatic carbocycles. The number of hydrogen-bond acceptors (Lipinski definition) is 5. The van der Waals surface area contributed by atoms with E-state index in [1.807, 2.05) is 0 Å². The molecule has 0 unspecified atom stereocenters. The van der Waals surface area contributed by atoms with Gasteiger partial charge in [0.15, 0.2) is 5.69 Å². The van der Waals surface area contributed by atoms with Crippen LogP contribution in [-0.2, 0) is 17.5 Å². The highest BCUT2D eigenvalue weighted by atomic mass is 19.4. The number of aromatic nitrogens is 3. The number of amides is 1. The van der Waals surface area contributed by atoms with E-state index in [9.17, 15) is 18.0 Å². The summed E-state index contributed by atoms with van der Waals surface area (Å²) in [6.07, 6.45) is -0.908. The Bertz CT molecular complexity index is 854. The van der Waals surface area contributed by atoms with E-state index in [0.717, 1.165) is 43.6 Å². The highest BCUT2D eigenvalue weighted by Crippen LogP contribution is 2.29. The molecule has 0 spiro atoms. The van der Waals surface area contributed by atoms with E-state index in [-0.39, 0.29) is 11.9 Å². The lowest BCUT2D eigenvalue weighted by Crippen LogP contribution is -2.40. The molecule has 2 aromatic rings. The average Bonchev–Trinajstić information content (AvgIpc) is 3.24. The quantitative estimate of drug-likeness (QED) is 0.757. The largest absolute Gasteiger partial charge is 0.416 e. The van der Waals surface area contributed by atoms with Gasteiger partial charge in [0, 0.05) is 32.7 Å². The molecule has 0 saturated carbocycles. The number of rotatable bonds is 4. The number of carbonyl (C=O) groups excluding carboxylic acids is 1. The van der Waals surface area contributed by atoms with Crippen LogP contribution in [0.4, 0.5) is 13.2 Å². The van der Waals surface area contributed by atoms with Gasteiger partial charge in [-0.25, -0.2) is 4.68 Å². The van der Waals surface area contributed by atoms with Crippen LogP contribution in [-0.4, -0.2) is 70.1 Å². The van der Waals surface area contributed by atoms with Gasteiger partial charge in [-0.3, -0.25) is 9.69 Å². The summed E-state index contributed by atoms with van der Waals surface area (Å²) in [6, 6.07) is 5.49. The molecule has 3 heterocycles. The van der Waals surface area contributed by atoms with E-state index >= 15 is 0 Å². The second-order valence-electron chi connectivity index (χ2n) is 7.69. The van der Waals surface area contributed by atoms with Gasteiger partial charge in [0.2, 0.25) is 0 Å². The Morgan fingerprint density at radius 1 is 1.07 bits per heavy atom. The fraction of sp³-hybridized carbons (Fsp3) is 0.550. The summed E-state index contributed by atoms with van der Waals surface area (Å²) in [5.41, 5.74) is 0.586. The van der Waals surface area contributed by atoms with Crippen LogP contribution in [0.3, 0.4) is 0 Å². The first-order valence-corrected chi connectivity index (χ1v) is 10.1. The summed E-state index contributed by atoms with van der Waals surface area (Å²) >= 11 is 0. The molecule has 1 aromatic heterocycles. The van der Waals surface area contributed by atoms with Crippen LogP contribution < -0.4 is 0 Å². The van der Waals surface area contributed by atoms with Crippen LogP contribution in [0.5, 0.6) is 0 Å². The second-order valence-corrected chi connectivity index (χ2v) is 7.69. The zero-order chi connectivity index (χ0) is 21.1. The lowest BCUT2D eigenvalue weighted by atomic mass is 10.0. The Kier molecular flexibility index (Phi) is 6.05. The van der Waals surface area contributed by atoms with Crippen molar-refractivity contribution in [2.24, 2.45) is 0 Å². The van der Waals surface area contributed by atoms with E-state index < -0.39 is 11.7 Å². The Balaban J connectivity index is 1.29. The molecule has 162 valence electrons. The molecule has 0 aliphatic carbocycles. The minimum Gasteiger partial charge on any atom is -0.378 e. The topological polar surface area (TPSA) is 63.5 Å². The summed E-state index contributed by atoms with van der Waals surface area (Å²) in [7, 11) is 0. The molecule has 30 heavy (non-hydrogen) atoms. The lowest BCUT2D eigenvalue weighted by molar-refractivity contribution is -0.137. The normalized spacial score (nSPS) is 19.2. The van der Waals surface area contributed by atoms with E-state index in [1.54, 1.807) is 15.8 Å². The van der Waals surface area contributed by atoms with Crippen molar-refractivity contribution in [1.82, 2.24) is 24.8 Å². The lowest BCUT2D eigenvalue weighted by Gasteiger charge is -2.31. The number of alkyl halides is 3. The molecule has 1 amide bonds. The smallest absolute Gasteiger partial charge is 0.378 e. The van der Waals surface area contributed by atoms with Crippen molar-refractivity contribution in [3.63, 3.8) is 0 Å². The number of likely N-dealkylation sites (tertiary alicyclic amines) is 1. The Hall–Kier alpha value is -2.46. The number of morpholine rings is 1. The molecule has 2 fully saturated rings. The summed E-state index contributed by atoms with van der Waals surface area (Å²) < 4.78 is 45.1. The zero-order valence-corrected chi connectivity index (χ0v) is 16.5. The maximum atomic E-state index is 12.7. The minimum atomic E-state index is -4.31. The van der Waals surface area contributed by atoms with Crippen molar-refractivity contribution in [2.75, 3.05) is 39.4 Å². The number of nitrogens with zero attached hydrogens (tertiary/aromatic N) is 5. The van der Waals surface area contributed by atoms with Crippen LogP contribution in [0.2, 0.25) is 0 Å². The van der Waals surface area contributed by atoms with Gasteiger partial charge in [-0.05, 0) is 30.5 Å². The molecular formula is C20H24F3N5O2. The number of piperidine rings is 1. The average molecular weight is 423 g/mol. The molecule has 2 aliphatic heterocycles. The highest BCUT2D eigenvalue weighted by molar-refractivity contribution is 5.92. The van der Waals surface area contributed by atoms with E-state index in [2.05, 4.69) is 15.2 Å². The molecular weight excluding hydrogens is 399 g/mol. The molecule has 7 nitrogen and oxygen atoms in total. The van der Waals surface area contributed by atoms with E-state index in [1.165, 1.54) is 12.1 Å². The molecule has 0 N–H and O–H groups in total. The van der Waals surface area contributed by atoms with Crippen molar-refractivity contribution < 1.29 is 22.7 Å². The predicted octanol–water partition coefficient (Wildman–Crippen LogP) is 2.61. The first-order chi connectivity index (χ1) is 14.4. The fourth-order valence-corrected chi connectivity index (χ4v) is 3.88. The Morgan fingerprint density at radius 3 is 2.37 bits per heavy atom. The maximum Gasteiger partial charge on any atom is 0.416 e. The standard InChI is InChI=1S/C20H24F3N5O2/c21-20(22,23)16-3-1-15(2-4-16)13-26-7-5-17(6-8-26)28-14-18(24-25-28)19(29)27-9-11-30-12-10-27/h1-4,14,17H,5-13H2. The van der Waals surface area contributed by atoms with Gasteiger partial charge in [-0.1, -0.05) is 17.3 Å². The number of ether oxygens (including phenoxy) is 1. The van der Waals surface area contributed by atoms with Crippen LogP contribution in [0.1, 0.15) is 40.5 Å². The summed E-state index contributed by atoms with van der Waals surface area (Å²) in [4.78, 5) is 16.5. The predicted molar refractivity (Wildman–Crippen MR) is 102 cm³/mol. The van der Waals surface area contributed by atoms with Gasteiger partial charge in [0.05, 0.1) is 31.0 Å². The Morgan fingerprint density at radius 2 is 1.73 bits per heavy atom. The van der Waals surface area contributed by atoms with Gasteiger partial charge >= 0.3 is 6.18 Å². The SMILES string of the molecule is O=C(c1cn(C2CCN(Cc3ccc(C(F)(F)F)cc3)CC2)nn1)N1CCOCC1. The highest BCUT2D eigenvalue weighted by Gasteiger charge is 2.30. The summed E-state index contributed by atoms with van der Waals surface area (Å²) in [5.74, 6) is -0.121. The molecule has 0 atom stereocenters. The second kappa shape index (κ2) is 8.73. The van der Waals surface area contributed by atoms with Crippen LogP contribution in [0.25, 0.3) is 0 Å². The van der Waals surface area contributed by atoms with Crippen LogP contribution in [0, 0.1) is 0 Å². The van der Waals surface area contributed by atoms with E-state index in [4.69, 9.17) is 4.74 Å². The van der Waals surface area contributed by atoms with E-state index in [0.29, 0.717) is 38.5 Å². The van der Waals surface area contributed by atoms with Crippen molar-refractivity contribution in [1.29, 1.82) is 0 Å². The molecule has 4 rings (SSSR count). The summed E-state index contributed by atoms with van der Waals surface area (Å²) in [6.45, 7) is 4.43. The first kappa shape index (κ1) is 20.8. The molecule has 0 radical (unpaired) electrons. The number of carbonyl (C=O) groups is 1. The van der Waals surface area contributed by atoms with Crippen molar-refractivity contribution in [2.45, 2.75) is 31.6 Å².